The van der Waals surface area contributed by atoms with Gasteiger partial charge in [0.15, 0.2) is 0 Å². The number of benzene rings is 2. The lowest BCUT2D eigenvalue weighted by atomic mass is 10.1. The summed E-state index contributed by atoms with van der Waals surface area (Å²) in [6.45, 7) is 4.14. The van der Waals surface area contributed by atoms with Crippen LogP contribution >= 0.6 is 12.4 Å². The largest absolute Gasteiger partial charge is 0.361 e. The number of hydrogen-bond donors (Lipinski definition) is 1. The number of fused-ring (bicyclic) bond motifs is 1. The first-order valence-corrected chi connectivity index (χ1v) is 10.2. The monoisotopic (exact) mass is 401 g/mol. The molecule has 0 fully saturated rings. The molecule has 1 aromatic heterocycles. The summed E-state index contributed by atoms with van der Waals surface area (Å²) < 4.78 is 9.93. The van der Waals surface area contributed by atoms with Crippen molar-refractivity contribution in [3.05, 3.63) is 65.8 Å². The fourth-order valence-electron chi connectivity index (χ4n) is 3.49. The summed E-state index contributed by atoms with van der Waals surface area (Å²) >= 11 is 0. The van der Waals surface area contributed by atoms with Crippen molar-refractivity contribution < 1.29 is 4.74 Å². The molecule has 2 aromatic carbocycles. The molecular weight excluding hydrogens is 370 g/mol. The number of ether oxygens (including phenoxy) is 1. The minimum atomic E-state index is 0. The van der Waals surface area contributed by atoms with Crippen molar-refractivity contribution in [1.82, 2.24) is 9.13 Å². The quantitative estimate of drug-likeness (QED) is 0.410. The van der Waals surface area contributed by atoms with Crippen molar-refractivity contribution in [3.8, 4) is 0 Å². The highest BCUT2D eigenvalue weighted by atomic mass is 35.5. The van der Waals surface area contributed by atoms with Crippen LogP contribution in [0.1, 0.15) is 51.0 Å². The maximum absolute atomic E-state index is 8.66. The second kappa shape index (κ2) is 11.7. The van der Waals surface area contributed by atoms with Gasteiger partial charge in [-0.2, -0.15) is 0 Å². The minimum absolute atomic E-state index is 0. The molecule has 28 heavy (non-hydrogen) atoms. The van der Waals surface area contributed by atoms with Crippen LogP contribution < -0.4 is 5.62 Å². The molecule has 0 unspecified atom stereocenters. The highest BCUT2D eigenvalue weighted by Crippen LogP contribution is 2.15. The second-order valence-corrected chi connectivity index (χ2v) is 7.12. The van der Waals surface area contributed by atoms with Crippen LogP contribution in [-0.2, 0) is 18.0 Å². The average Bonchev–Trinajstić information content (AvgIpc) is 2.96. The van der Waals surface area contributed by atoms with E-state index in [2.05, 4.69) is 35.8 Å². The number of unbranched alkanes of at least 4 members (excludes halogenated alkanes) is 5. The van der Waals surface area contributed by atoms with Gasteiger partial charge in [-0.15, -0.1) is 12.4 Å². The summed E-state index contributed by atoms with van der Waals surface area (Å²) in [7, 11) is 0. The molecule has 5 heteroatoms. The summed E-state index contributed by atoms with van der Waals surface area (Å²) in [5, 5.41) is 8.66. The average molecular weight is 402 g/mol. The molecule has 0 aliphatic carbocycles. The number of imidazole rings is 1. The SMILES string of the molecule is CCCCCCCCOCn1c(=N)n(Cc2ccccc2)c2ccccc21.Cl. The van der Waals surface area contributed by atoms with E-state index in [0.717, 1.165) is 24.1 Å². The van der Waals surface area contributed by atoms with Crippen LogP contribution in [0.15, 0.2) is 54.6 Å². The van der Waals surface area contributed by atoms with Crippen molar-refractivity contribution in [1.29, 1.82) is 5.41 Å². The second-order valence-electron chi connectivity index (χ2n) is 7.12. The zero-order valence-electron chi connectivity index (χ0n) is 16.8. The lowest BCUT2D eigenvalue weighted by Gasteiger charge is -2.07. The van der Waals surface area contributed by atoms with E-state index in [9.17, 15) is 0 Å². The standard InChI is InChI=1S/C23H31N3O.ClH/c1-2-3-4-5-6-12-17-27-19-26-22-16-11-10-15-21(22)25(23(26)24)18-20-13-8-7-9-14-20;/h7-11,13-16,24H,2-6,12,17-19H2,1H3;1H. The number of aromatic nitrogens is 2. The number of nitrogens with zero attached hydrogens (tertiary/aromatic N) is 2. The Morgan fingerprint density at radius 3 is 2.11 bits per heavy atom. The van der Waals surface area contributed by atoms with Gasteiger partial charge >= 0.3 is 0 Å². The van der Waals surface area contributed by atoms with Crippen LogP contribution in [0.5, 0.6) is 0 Å². The van der Waals surface area contributed by atoms with Crippen molar-refractivity contribution in [3.63, 3.8) is 0 Å². The Labute approximate surface area is 174 Å². The van der Waals surface area contributed by atoms with Gasteiger partial charge in [0.05, 0.1) is 17.6 Å². The van der Waals surface area contributed by atoms with E-state index in [1.54, 1.807) is 0 Å². The molecule has 0 aliphatic heterocycles. The van der Waals surface area contributed by atoms with Gasteiger partial charge in [-0.3, -0.25) is 9.98 Å². The highest BCUT2D eigenvalue weighted by Gasteiger charge is 2.10. The van der Waals surface area contributed by atoms with E-state index in [0.29, 0.717) is 18.9 Å². The first-order valence-electron chi connectivity index (χ1n) is 10.2. The van der Waals surface area contributed by atoms with Crippen LogP contribution in [0, 0.1) is 5.41 Å². The van der Waals surface area contributed by atoms with Crippen molar-refractivity contribution in [2.75, 3.05) is 6.61 Å². The van der Waals surface area contributed by atoms with Crippen LogP contribution in [0.2, 0.25) is 0 Å². The third kappa shape index (κ3) is 5.73. The Balaban J connectivity index is 0.00000280. The summed E-state index contributed by atoms with van der Waals surface area (Å²) in [5.74, 6) is 0. The molecule has 0 radical (unpaired) electrons. The third-order valence-corrected chi connectivity index (χ3v) is 5.02. The molecule has 152 valence electrons. The molecular formula is C23H32ClN3O. The Morgan fingerprint density at radius 2 is 1.39 bits per heavy atom. The Hall–Kier alpha value is -2.04. The normalized spacial score (nSPS) is 10.9. The molecule has 3 aromatic rings. The lowest BCUT2D eigenvalue weighted by Crippen LogP contribution is -2.26. The van der Waals surface area contributed by atoms with E-state index in [4.69, 9.17) is 10.1 Å². The highest BCUT2D eigenvalue weighted by molar-refractivity contribution is 5.85. The van der Waals surface area contributed by atoms with E-state index >= 15 is 0 Å². The molecule has 0 amide bonds. The number of para-hydroxylation sites is 2. The van der Waals surface area contributed by atoms with Gasteiger partial charge in [0, 0.05) is 6.61 Å². The molecule has 0 saturated carbocycles. The number of hydrogen-bond acceptors (Lipinski definition) is 2. The van der Waals surface area contributed by atoms with Crippen molar-refractivity contribution >= 4 is 23.4 Å². The van der Waals surface area contributed by atoms with Gasteiger partial charge in [0.2, 0.25) is 5.62 Å². The Bertz CT molecular complexity index is 886. The number of nitrogens with one attached hydrogen (secondary N) is 1. The molecule has 0 spiro atoms. The molecule has 0 atom stereocenters. The van der Waals surface area contributed by atoms with E-state index in [-0.39, 0.29) is 12.4 Å². The Morgan fingerprint density at radius 1 is 0.786 bits per heavy atom. The number of halogens is 1. The van der Waals surface area contributed by atoms with Crippen LogP contribution in [-0.4, -0.2) is 15.7 Å². The van der Waals surface area contributed by atoms with Gasteiger partial charge in [-0.25, -0.2) is 0 Å². The maximum atomic E-state index is 8.66. The summed E-state index contributed by atoms with van der Waals surface area (Å²) in [6.07, 6.45) is 7.57. The predicted octanol–water partition coefficient (Wildman–Crippen LogP) is 5.73. The zero-order valence-corrected chi connectivity index (χ0v) is 17.6. The van der Waals surface area contributed by atoms with Gasteiger partial charge < -0.3 is 9.30 Å². The molecule has 1 heterocycles. The summed E-state index contributed by atoms with van der Waals surface area (Å²) in [5.41, 5.74) is 3.82. The Kier molecular flexibility index (Phi) is 9.32. The van der Waals surface area contributed by atoms with Crippen molar-refractivity contribution in [2.45, 2.75) is 58.7 Å². The lowest BCUT2D eigenvalue weighted by molar-refractivity contribution is 0.0730. The molecule has 0 bridgehead atoms. The van der Waals surface area contributed by atoms with E-state index in [1.165, 1.54) is 37.7 Å². The predicted molar refractivity (Wildman–Crippen MR) is 118 cm³/mol. The van der Waals surface area contributed by atoms with Gasteiger partial charge in [0.25, 0.3) is 0 Å². The maximum Gasteiger partial charge on any atom is 0.205 e. The molecule has 1 N–H and O–H groups in total. The topological polar surface area (TPSA) is 42.9 Å². The van der Waals surface area contributed by atoms with Gasteiger partial charge in [-0.1, -0.05) is 81.5 Å². The first kappa shape index (κ1) is 22.3. The number of rotatable bonds is 11. The molecule has 0 aliphatic rings. The van der Waals surface area contributed by atoms with Gasteiger partial charge in [0.1, 0.15) is 6.73 Å². The molecule has 3 rings (SSSR count). The molecule has 0 saturated heterocycles. The van der Waals surface area contributed by atoms with Crippen LogP contribution in [0.25, 0.3) is 11.0 Å². The van der Waals surface area contributed by atoms with E-state index in [1.807, 2.05) is 34.9 Å². The zero-order chi connectivity index (χ0) is 18.9. The summed E-state index contributed by atoms with van der Waals surface area (Å²) in [4.78, 5) is 0. The fraction of sp³-hybridized carbons (Fsp3) is 0.435. The fourth-order valence-corrected chi connectivity index (χ4v) is 3.49. The summed E-state index contributed by atoms with van der Waals surface area (Å²) in [6, 6.07) is 18.5. The minimum Gasteiger partial charge on any atom is -0.361 e. The van der Waals surface area contributed by atoms with Crippen LogP contribution in [0.3, 0.4) is 0 Å². The first-order chi connectivity index (χ1) is 13.3. The smallest absolute Gasteiger partial charge is 0.205 e. The molecule has 4 nitrogen and oxygen atoms in total. The van der Waals surface area contributed by atoms with Crippen LogP contribution in [0.4, 0.5) is 0 Å². The third-order valence-electron chi connectivity index (χ3n) is 5.02. The van der Waals surface area contributed by atoms with E-state index < -0.39 is 0 Å². The van der Waals surface area contributed by atoms with Gasteiger partial charge in [-0.05, 0) is 24.1 Å². The van der Waals surface area contributed by atoms with Crippen molar-refractivity contribution in [2.24, 2.45) is 0 Å².